The normalized spacial score (nSPS) is 11.5. The molecule has 19 heavy (non-hydrogen) atoms. The molecule has 0 amide bonds. The van der Waals surface area contributed by atoms with Crippen LogP contribution in [0.25, 0.3) is 11.3 Å². The first kappa shape index (κ1) is 14.5. The quantitative estimate of drug-likeness (QED) is 0.766. The Bertz CT molecular complexity index is 794. The minimum Gasteiger partial charge on any atom is -0.422 e. The van der Waals surface area contributed by atoms with Crippen molar-refractivity contribution < 1.29 is 12.8 Å². The van der Waals surface area contributed by atoms with E-state index in [-0.39, 0.29) is 15.1 Å². The molecule has 0 unspecified atom stereocenters. The lowest BCUT2D eigenvalue weighted by Gasteiger charge is -2.06. The molecule has 0 aliphatic rings. The maximum atomic E-state index is 11.7. The van der Waals surface area contributed by atoms with E-state index in [1.807, 2.05) is 6.07 Å². The summed E-state index contributed by atoms with van der Waals surface area (Å²) in [5.74, 6) is 0.195. The van der Waals surface area contributed by atoms with Crippen molar-refractivity contribution in [3.05, 3.63) is 49.7 Å². The Kier molecular flexibility index (Phi) is 3.98. The van der Waals surface area contributed by atoms with Crippen LogP contribution in [0.4, 0.5) is 0 Å². The van der Waals surface area contributed by atoms with Crippen LogP contribution in [0.15, 0.2) is 53.4 Å². The van der Waals surface area contributed by atoms with Crippen LogP contribution in [-0.2, 0) is 9.84 Å². The van der Waals surface area contributed by atoms with Crippen LogP contribution in [0.2, 0.25) is 0 Å². The number of sulfone groups is 1. The number of halogens is 2. The average Bonchev–Trinajstić information content (AvgIpc) is 2.31. The fourth-order valence-corrected chi connectivity index (χ4v) is 3.81. The van der Waals surface area contributed by atoms with Crippen LogP contribution >= 0.6 is 31.9 Å². The zero-order valence-corrected chi connectivity index (χ0v) is 13.7. The molecule has 0 radical (unpaired) electrons. The van der Waals surface area contributed by atoms with Gasteiger partial charge in [0.25, 0.3) is 0 Å². The lowest BCUT2D eigenvalue weighted by Crippen LogP contribution is -2.09. The van der Waals surface area contributed by atoms with Crippen LogP contribution < -0.4 is 5.63 Å². The highest BCUT2D eigenvalue weighted by Gasteiger charge is 2.19. The van der Waals surface area contributed by atoms with Gasteiger partial charge in [-0.1, -0.05) is 34.1 Å². The largest absolute Gasteiger partial charge is 0.422 e. The van der Waals surface area contributed by atoms with E-state index < -0.39 is 15.5 Å². The van der Waals surface area contributed by atoms with Crippen molar-refractivity contribution in [3.8, 4) is 11.3 Å². The van der Waals surface area contributed by atoms with Crippen molar-refractivity contribution in [2.45, 2.75) is 4.90 Å². The molecule has 0 fully saturated rings. The Morgan fingerprint density at radius 2 is 1.79 bits per heavy atom. The summed E-state index contributed by atoms with van der Waals surface area (Å²) in [6, 6.07) is 8.41. The van der Waals surface area contributed by atoms with E-state index >= 15 is 0 Å². The molecule has 0 N–H and O–H groups in total. The van der Waals surface area contributed by atoms with Gasteiger partial charge in [-0.15, -0.1) is 0 Å². The van der Waals surface area contributed by atoms with Crippen LogP contribution in [0.1, 0.15) is 0 Å². The lowest BCUT2D eigenvalue weighted by molar-refractivity contribution is 0.513. The SMILES string of the molecule is CS(=O)(=O)c1cc(-c2ccccc2Br)oc(=O)c1Br. The van der Waals surface area contributed by atoms with Crippen molar-refractivity contribution in [3.63, 3.8) is 0 Å². The van der Waals surface area contributed by atoms with Gasteiger partial charge >= 0.3 is 5.63 Å². The maximum absolute atomic E-state index is 11.7. The molecule has 2 rings (SSSR count). The van der Waals surface area contributed by atoms with Gasteiger partial charge in [0.15, 0.2) is 9.84 Å². The third-order valence-electron chi connectivity index (χ3n) is 2.40. The highest BCUT2D eigenvalue weighted by atomic mass is 79.9. The second-order valence-corrected chi connectivity index (χ2v) is 7.46. The van der Waals surface area contributed by atoms with Gasteiger partial charge in [-0.2, -0.15) is 0 Å². The van der Waals surface area contributed by atoms with Crippen LogP contribution in [0.5, 0.6) is 0 Å². The predicted octanol–water partition coefficient (Wildman–Crippen LogP) is 3.24. The average molecular weight is 408 g/mol. The maximum Gasteiger partial charge on any atom is 0.352 e. The van der Waals surface area contributed by atoms with Gasteiger partial charge in [0.2, 0.25) is 0 Å². The van der Waals surface area contributed by atoms with E-state index in [0.717, 1.165) is 6.26 Å². The second-order valence-electron chi connectivity index (χ2n) is 3.83. The summed E-state index contributed by atoms with van der Waals surface area (Å²) >= 11 is 6.27. The third-order valence-corrected chi connectivity index (χ3v) is 5.22. The molecule has 4 nitrogen and oxygen atoms in total. The van der Waals surface area contributed by atoms with Gasteiger partial charge in [0.05, 0.1) is 4.90 Å². The Labute approximate surface area is 126 Å². The molecule has 0 aliphatic carbocycles. The first-order valence-electron chi connectivity index (χ1n) is 5.09. The molecule has 0 saturated heterocycles. The van der Waals surface area contributed by atoms with Crippen molar-refractivity contribution in [2.24, 2.45) is 0 Å². The predicted molar refractivity (Wildman–Crippen MR) is 78.9 cm³/mol. The molecule has 7 heteroatoms. The Hall–Kier alpha value is -0.920. The molecule has 0 bridgehead atoms. The summed E-state index contributed by atoms with van der Waals surface area (Å²) < 4.78 is 29.0. The highest BCUT2D eigenvalue weighted by molar-refractivity contribution is 9.10. The molecule has 0 aliphatic heterocycles. The van der Waals surface area contributed by atoms with E-state index in [9.17, 15) is 13.2 Å². The molecule has 1 aromatic heterocycles. The van der Waals surface area contributed by atoms with Crippen molar-refractivity contribution in [2.75, 3.05) is 6.26 Å². The van der Waals surface area contributed by atoms with E-state index in [2.05, 4.69) is 31.9 Å². The van der Waals surface area contributed by atoms with E-state index in [1.54, 1.807) is 18.2 Å². The molecule has 0 saturated carbocycles. The van der Waals surface area contributed by atoms with Crippen LogP contribution in [-0.4, -0.2) is 14.7 Å². The summed E-state index contributed by atoms with van der Waals surface area (Å²) in [5, 5.41) is 0. The monoisotopic (exact) mass is 406 g/mol. The highest BCUT2D eigenvalue weighted by Crippen LogP contribution is 2.30. The fourth-order valence-electron chi connectivity index (χ4n) is 1.52. The molecule has 2 aromatic rings. The van der Waals surface area contributed by atoms with Crippen molar-refractivity contribution in [1.82, 2.24) is 0 Å². The summed E-state index contributed by atoms with van der Waals surface area (Å²) in [6.45, 7) is 0. The van der Waals surface area contributed by atoms with Crippen LogP contribution in [0, 0.1) is 0 Å². The van der Waals surface area contributed by atoms with Gasteiger partial charge in [-0.05, 0) is 22.0 Å². The summed E-state index contributed by atoms with van der Waals surface area (Å²) in [6.07, 6.45) is 1.04. The molecule has 0 atom stereocenters. The third kappa shape index (κ3) is 2.98. The van der Waals surface area contributed by atoms with E-state index in [1.165, 1.54) is 6.07 Å². The standard InChI is InChI=1S/C12H8Br2O4S/c1-19(16,17)10-6-9(18-12(15)11(10)14)7-4-2-3-5-8(7)13/h2-6H,1H3. The first-order chi connectivity index (χ1) is 8.80. The number of rotatable bonds is 2. The van der Waals surface area contributed by atoms with Gasteiger partial charge in [-0.25, -0.2) is 13.2 Å². The van der Waals surface area contributed by atoms with Gasteiger partial charge < -0.3 is 4.42 Å². The molecule has 0 spiro atoms. The Morgan fingerprint density at radius 3 is 2.37 bits per heavy atom. The molecule has 1 heterocycles. The van der Waals surface area contributed by atoms with Crippen molar-refractivity contribution >= 4 is 41.7 Å². The zero-order valence-electron chi connectivity index (χ0n) is 9.68. The number of benzene rings is 1. The molecular formula is C12H8Br2O4S. The topological polar surface area (TPSA) is 64.3 Å². The Morgan fingerprint density at radius 1 is 1.16 bits per heavy atom. The smallest absolute Gasteiger partial charge is 0.352 e. The first-order valence-corrected chi connectivity index (χ1v) is 8.57. The fraction of sp³-hybridized carbons (Fsp3) is 0.0833. The lowest BCUT2D eigenvalue weighted by atomic mass is 10.2. The summed E-state index contributed by atoms with van der Waals surface area (Å²) in [7, 11) is -3.52. The minimum absolute atomic E-state index is 0.0884. The van der Waals surface area contributed by atoms with E-state index in [0.29, 0.717) is 10.0 Å². The van der Waals surface area contributed by atoms with E-state index in [4.69, 9.17) is 4.42 Å². The van der Waals surface area contributed by atoms with Gasteiger partial charge in [0.1, 0.15) is 10.2 Å². The second kappa shape index (κ2) is 5.22. The Balaban J connectivity index is 2.79. The number of hydrogen-bond donors (Lipinski definition) is 0. The van der Waals surface area contributed by atoms with Gasteiger partial charge in [-0.3, -0.25) is 0 Å². The summed E-state index contributed by atoms with van der Waals surface area (Å²) in [5.41, 5.74) is -0.120. The number of hydrogen-bond acceptors (Lipinski definition) is 4. The molecule has 1 aromatic carbocycles. The van der Waals surface area contributed by atoms with Crippen LogP contribution in [0.3, 0.4) is 0 Å². The minimum atomic E-state index is -3.52. The zero-order chi connectivity index (χ0) is 14.2. The summed E-state index contributed by atoms with van der Waals surface area (Å²) in [4.78, 5) is 11.6. The molecular weight excluding hydrogens is 400 g/mol. The van der Waals surface area contributed by atoms with Crippen molar-refractivity contribution in [1.29, 1.82) is 0 Å². The van der Waals surface area contributed by atoms with Gasteiger partial charge in [0, 0.05) is 22.4 Å². The molecule has 100 valence electrons.